The average molecular weight is 231 g/mol. The molecule has 0 unspecified atom stereocenters. The molecule has 0 aliphatic rings. The standard InChI is InChI=1S/C17H13N/c1-2-14-3-5-15(6-4-14)7-8-16-9-11-17(13-18)12-10-16/h3-6,9-12H,2H2,1H3. The fraction of sp³-hybridized carbons (Fsp3) is 0.118. The van der Waals surface area contributed by atoms with Crippen molar-refractivity contribution in [1.82, 2.24) is 0 Å². The molecule has 0 N–H and O–H groups in total. The number of aryl methyl sites for hydroxylation is 1. The van der Waals surface area contributed by atoms with Crippen LogP contribution in [0, 0.1) is 23.2 Å². The average Bonchev–Trinajstić information content (AvgIpc) is 2.46. The van der Waals surface area contributed by atoms with E-state index in [0.717, 1.165) is 17.5 Å². The summed E-state index contributed by atoms with van der Waals surface area (Å²) >= 11 is 0. The second-order valence-corrected chi connectivity index (χ2v) is 3.99. The molecule has 0 spiro atoms. The van der Waals surface area contributed by atoms with Crippen LogP contribution in [0.2, 0.25) is 0 Å². The van der Waals surface area contributed by atoms with Crippen molar-refractivity contribution in [3.63, 3.8) is 0 Å². The molecule has 18 heavy (non-hydrogen) atoms. The van der Waals surface area contributed by atoms with Crippen LogP contribution in [0.1, 0.15) is 29.2 Å². The van der Waals surface area contributed by atoms with Gasteiger partial charge in [0.15, 0.2) is 0 Å². The van der Waals surface area contributed by atoms with Crippen LogP contribution < -0.4 is 0 Å². The quantitative estimate of drug-likeness (QED) is 0.689. The van der Waals surface area contributed by atoms with Crippen molar-refractivity contribution in [2.45, 2.75) is 13.3 Å². The molecule has 0 amide bonds. The van der Waals surface area contributed by atoms with Gasteiger partial charge in [0.25, 0.3) is 0 Å². The maximum atomic E-state index is 8.70. The van der Waals surface area contributed by atoms with Crippen molar-refractivity contribution in [1.29, 1.82) is 5.26 Å². The number of hydrogen-bond donors (Lipinski definition) is 0. The predicted molar refractivity (Wildman–Crippen MR) is 73.0 cm³/mol. The Morgan fingerprint density at radius 3 is 1.67 bits per heavy atom. The van der Waals surface area contributed by atoms with Crippen LogP contribution in [0.15, 0.2) is 48.5 Å². The Labute approximate surface area is 108 Å². The summed E-state index contributed by atoms with van der Waals surface area (Å²) in [5.41, 5.74) is 3.91. The van der Waals surface area contributed by atoms with Gasteiger partial charge in [-0.05, 0) is 48.4 Å². The van der Waals surface area contributed by atoms with Crippen LogP contribution in [0.5, 0.6) is 0 Å². The van der Waals surface area contributed by atoms with Gasteiger partial charge in [-0.15, -0.1) is 0 Å². The van der Waals surface area contributed by atoms with Crippen molar-refractivity contribution in [3.8, 4) is 17.9 Å². The Hall–Kier alpha value is -2.51. The first-order chi connectivity index (χ1) is 8.81. The van der Waals surface area contributed by atoms with Crippen LogP contribution in [0.4, 0.5) is 0 Å². The van der Waals surface area contributed by atoms with Crippen molar-refractivity contribution in [2.24, 2.45) is 0 Å². The molecule has 1 heteroatoms. The summed E-state index contributed by atoms with van der Waals surface area (Å²) in [5.74, 6) is 6.21. The highest BCUT2D eigenvalue weighted by Crippen LogP contribution is 2.05. The fourth-order valence-electron chi connectivity index (χ4n) is 1.60. The molecule has 1 nitrogen and oxygen atoms in total. The zero-order chi connectivity index (χ0) is 12.8. The molecular formula is C17H13N. The first-order valence-corrected chi connectivity index (χ1v) is 5.93. The molecule has 0 aromatic heterocycles. The van der Waals surface area contributed by atoms with E-state index in [1.54, 1.807) is 12.1 Å². The Kier molecular flexibility index (Phi) is 3.79. The first kappa shape index (κ1) is 12.0. The lowest BCUT2D eigenvalue weighted by Crippen LogP contribution is -1.81. The van der Waals surface area contributed by atoms with Crippen LogP contribution >= 0.6 is 0 Å². The van der Waals surface area contributed by atoms with Crippen LogP contribution in [0.25, 0.3) is 0 Å². The van der Waals surface area contributed by atoms with Crippen molar-refractivity contribution in [3.05, 3.63) is 70.8 Å². The van der Waals surface area contributed by atoms with Crippen LogP contribution in [-0.2, 0) is 6.42 Å². The lowest BCUT2D eigenvalue weighted by Gasteiger charge is -1.95. The maximum Gasteiger partial charge on any atom is 0.0991 e. The third-order valence-corrected chi connectivity index (χ3v) is 2.73. The van der Waals surface area contributed by atoms with Crippen LogP contribution in [0.3, 0.4) is 0 Å². The fourth-order valence-corrected chi connectivity index (χ4v) is 1.60. The van der Waals surface area contributed by atoms with Gasteiger partial charge < -0.3 is 0 Å². The van der Waals surface area contributed by atoms with E-state index in [1.807, 2.05) is 24.3 Å². The van der Waals surface area contributed by atoms with E-state index in [9.17, 15) is 0 Å². The lowest BCUT2D eigenvalue weighted by atomic mass is 10.1. The van der Waals surface area contributed by atoms with Crippen molar-refractivity contribution >= 4 is 0 Å². The summed E-state index contributed by atoms with van der Waals surface area (Å²) in [6.07, 6.45) is 1.04. The largest absolute Gasteiger partial charge is 0.192 e. The van der Waals surface area contributed by atoms with Crippen LogP contribution in [-0.4, -0.2) is 0 Å². The van der Waals surface area contributed by atoms with E-state index in [1.165, 1.54) is 5.56 Å². The third-order valence-electron chi connectivity index (χ3n) is 2.73. The van der Waals surface area contributed by atoms with Gasteiger partial charge in [-0.2, -0.15) is 5.26 Å². The van der Waals surface area contributed by atoms with Gasteiger partial charge in [0.2, 0.25) is 0 Å². The molecule has 0 radical (unpaired) electrons. The molecule has 86 valence electrons. The Bertz CT molecular complexity index is 617. The summed E-state index contributed by atoms with van der Waals surface area (Å²) in [6.45, 7) is 2.14. The topological polar surface area (TPSA) is 23.8 Å². The summed E-state index contributed by atoms with van der Waals surface area (Å²) in [7, 11) is 0. The Morgan fingerprint density at radius 1 is 0.778 bits per heavy atom. The molecule has 0 atom stereocenters. The first-order valence-electron chi connectivity index (χ1n) is 5.93. The minimum absolute atomic E-state index is 0.660. The van der Waals surface area contributed by atoms with E-state index in [4.69, 9.17) is 5.26 Å². The highest BCUT2D eigenvalue weighted by Gasteiger charge is 1.91. The second kappa shape index (κ2) is 5.71. The van der Waals surface area contributed by atoms with Crippen molar-refractivity contribution < 1.29 is 0 Å². The van der Waals surface area contributed by atoms with Gasteiger partial charge in [0.05, 0.1) is 11.6 Å². The summed E-state index contributed by atoms with van der Waals surface area (Å²) in [6, 6.07) is 17.7. The smallest absolute Gasteiger partial charge is 0.0991 e. The molecule has 0 fully saturated rings. The zero-order valence-electron chi connectivity index (χ0n) is 10.3. The molecular weight excluding hydrogens is 218 g/mol. The summed E-state index contributed by atoms with van der Waals surface area (Å²) in [4.78, 5) is 0. The molecule has 2 rings (SSSR count). The van der Waals surface area contributed by atoms with E-state index in [2.05, 4.69) is 37.0 Å². The molecule has 0 bridgehead atoms. The third kappa shape index (κ3) is 3.00. The van der Waals surface area contributed by atoms with E-state index >= 15 is 0 Å². The summed E-state index contributed by atoms with van der Waals surface area (Å²) < 4.78 is 0. The zero-order valence-corrected chi connectivity index (χ0v) is 10.3. The highest BCUT2D eigenvalue weighted by atomic mass is 14.2. The minimum atomic E-state index is 0.660. The monoisotopic (exact) mass is 231 g/mol. The number of nitrogens with zero attached hydrogens (tertiary/aromatic N) is 1. The molecule has 0 aliphatic carbocycles. The SMILES string of the molecule is CCc1ccc(C#Cc2ccc(C#N)cc2)cc1. The number of hydrogen-bond acceptors (Lipinski definition) is 1. The van der Waals surface area contributed by atoms with Crippen molar-refractivity contribution in [2.75, 3.05) is 0 Å². The number of rotatable bonds is 1. The van der Waals surface area contributed by atoms with E-state index < -0.39 is 0 Å². The number of benzene rings is 2. The van der Waals surface area contributed by atoms with Gasteiger partial charge in [-0.1, -0.05) is 30.9 Å². The Balaban J connectivity index is 2.17. The molecule has 0 aliphatic heterocycles. The van der Waals surface area contributed by atoms with E-state index in [0.29, 0.717) is 5.56 Å². The van der Waals surface area contributed by atoms with E-state index in [-0.39, 0.29) is 0 Å². The normalized spacial score (nSPS) is 9.11. The molecule has 0 saturated heterocycles. The molecule has 0 heterocycles. The van der Waals surface area contributed by atoms with Gasteiger partial charge in [0, 0.05) is 11.1 Å². The number of nitriles is 1. The van der Waals surface area contributed by atoms with Gasteiger partial charge in [-0.25, -0.2) is 0 Å². The molecule has 2 aromatic rings. The van der Waals surface area contributed by atoms with Gasteiger partial charge in [-0.3, -0.25) is 0 Å². The predicted octanol–water partition coefficient (Wildman–Crippen LogP) is 3.52. The highest BCUT2D eigenvalue weighted by molar-refractivity contribution is 5.45. The Morgan fingerprint density at radius 2 is 1.22 bits per heavy atom. The van der Waals surface area contributed by atoms with Gasteiger partial charge >= 0.3 is 0 Å². The minimum Gasteiger partial charge on any atom is -0.192 e. The lowest BCUT2D eigenvalue weighted by molar-refractivity contribution is 1.14. The second-order valence-electron chi connectivity index (χ2n) is 3.99. The molecule has 0 saturated carbocycles. The maximum absolute atomic E-state index is 8.70. The summed E-state index contributed by atoms with van der Waals surface area (Å²) in [5, 5.41) is 8.70. The molecule has 2 aromatic carbocycles. The van der Waals surface area contributed by atoms with Gasteiger partial charge in [0.1, 0.15) is 0 Å².